The lowest BCUT2D eigenvalue weighted by Gasteiger charge is -2.17. The van der Waals surface area contributed by atoms with Gasteiger partial charge in [0.1, 0.15) is 0 Å². The molecule has 1 heterocycles. The summed E-state index contributed by atoms with van der Waals surface area (Å²) >= 11 is 0. The zero-order valence-electron chi connectivity index (χ0n) is 16.7. The zero-order chi connectivity index (χ0) is 19.5. The molecular formula is C22H29N3O3. The number of benzene rings is 1. The first-order valence-corrected chi connectivity index (χ1v) is 10.4. The first kappa shape index (κ1) is 18.8. The number of nitrogens with one attached hydrogen (secondary N) is 1. The number of anilines is 1. The Morgan fingerprint density at radius 1 is 1.11 bits per heavy atom. The summed E-state index contributed by atoms with van der Waals surface area (Å²) in [4.78, 5) is 12.8. The molecule has 6 nitrogen and oxygen atoms in total. The van der Waals surface area contributed by atoms with E-state index >= 15 is 0 Å². The Bertz CT molecular complexity index is 834. The van der Waals surface area contributed by atoms with Crippen molar-refractivity contribution in [1.82, 2.24) is 9.78 Å². The Kier molecular flexibility index (Phi) is 5.55. The molecule has 6 heteroatoms. The molecule has 0 spiro atoms. The molecule has 2 aliphatic rings. The van der Waals surface area contributed by atoms with Crippen LogP contribution in [0.5, 0.6) is 11.5 Å². The van der Waals surface area contributed by atoms with Crippen molar-refractivity contribution in [3.8, 4) is 11.5 Å². The summed E-state index contributed by atoms with van der Waals surface area (Å²) < 4.78 is 13.6. The Balaban J connectivity index is 1.50. The first-order valence-electron chi connectivity index (χ1n) is 10.4. The maximum atomic E-state index is 12.8. The highest BCUT2D eigenvalue weighted by Crippen LogP contribution is 2.34. The summed E-state index contributed by atoms with van der Waals surface area (Å²) in [6, 6.07) is 5.81. The summed E-state index contributed by atoms with van der Waals surface area (Å²) in [5.41, 5.74) is 2.34. The van der Waals surface area contributed by atoms with E-state index in [-0.39, 0.29) is 12.0 Å². The Morgan fingerprint density at radius 2 is 1.82 bits per heavy atom. The molecule has 1 aromatic heterocycles. The van der Waals surface area contributed by atoms with Crippen molar-refractivity contribution in [1.29, 1.82) is 0 Å². The molecule has 150 valence electrons. The fourth-order valence-electron chi connectivity index (χ4n) is 4.35. The average Bonchev–Trinajstić information content (AvgIpc) is 3.45. The maximum absolute atomic E-state index is 12.8. The van der Waals surface area contributed by atoms with Crippen LogP contribution in [-0.2, 0) is 0 Å². The number of ether oxygens (including phenoxy) is 2. The second kappa shape index (κ2) is 8.25. The topological polar surface area (TPSA) is 65.4 Å². The smallest absolute Gasteiger partial charge is 0.255 e. The lowest BCUT2D eigenvalue weighted by atomic mass is 10.1. The van der Waals surface area contributed by atoms with Gasteiger partial charge >= 0.3 is 0 Å². The largest absolute Gasteiger partial charge is 0.493 e. The van der Waals surface area contributed by atoms with Crippen LogP contribution < -0.4 is 14.8 Å². The predicted octanol–water partition coefficient (Wildman–Crippen LogP) is 4.89. The molecule has 0 aliphatic heterocycles. The van der Waals surface area contributed by atoms with Crippen molar-refractivity contribution in [2.45, 2.75) is 70.4 Å². The van der Waals surface area contributed by atoms with Crippen molar-refractivity contribution in [3.63, 3.8) is 0 Å². The third kappa shape index (κ3) is 3.86. The summed E-state index contributed by atoms with van der Waals surface area (Å²) in [5.74, 6) is 1.14. The second-order valence-electron chi connectivity index (χ2n) is 7.87. The summed E-state index contributed by atoms with van der Waals surface area (Å²) in [6.45, 7) is 2.02. The van der Waals surface area contributed by atoms with Gasteiger partial charge in [0, 0.05) is 5.56 Å². The van der Waals surface area contributed by atoms with E-state index in [4.69, 9.17) is 9.47 Å². The molecule has 2 aliphatic carbocycles. The molecule has 0 bridgehead atoms. The van der Waals surface area contributed by atoms with Gasteiger partial charge < -0.3 is 14.8 Å². The molecule has 2 aromatic rings. The Labute approximate surface area is 166 Å². The summed E-state index contributed by atoms with van der Waals surface area (Å²) in [6.07, 6.45) is 11.3. The van der Waals surface area contributed by atoms with Crippen LogP contribution in [0.1, 0.15) is 73.5 Å². The molecule has 1 amide bonds. The van der Waals surface area contributed by atoms with E-state index in [0.29, 0.717) is 23.1 Å². The normalized spacial score (nSPS) is 17.8. The molecule has 0 saturated heterocycles. The van der Waals surface area contributed by atoms with Crippen LogP contribution in [0, 0.1) is 6.92 Å². The Morgan fingerprint density at radius 3 is 2.54 bits per heavy atom. The molecule has 0 radical (unpaired) electrons. The molecule has 1 aromatic carbocycles. The van der Waals surface area contributed by atoms with E-state index in [9.17, 15) is 4.79 Å². The molecular weight excluding hydrogens is 354 g/mol. The first-order chi connectivity index (χ1) is 13.7. The van der Waals surface area contributed by atoms with E-state index < -0.39 is 0 Å². The highest BCUT2D eigenvalue weighted by Gasteiger charge is 2.22. The van der Waals surface area contributed by atoms with E-state index in [1.54, 1.807) is 31.5 Å². The standard InChI is InChI=1S/C22H29N3O3/c1-15-19(14-23-25(15)17-7-3-4-8-17)24-22(26)16-11-12-20(27-2)21(13-16)28-18-9-5-6-10-18/h11-14,17-18H,3-10H2,1-2H3,(H,24,26). The van der Waals surface area contributed by atoms with Crippen LogP contribution in [-0.4, -0.2) is 28.9 Å². The number of hydrogen-bond acceptors (Lipinski definition) is 4. The van der Waals surface area contributed by atoms with Gasteiger partial charge in [-0.05, 0) is 63.6 Å². The lowest BCUT2D eigenvalue weighted by molar-refractivity contribution is 0.102. The predicted molar refractivity (Wildman–Crippen MR) is 108 cm³/mol. The van der Waals surface area contributed by atoms with Crippen molar-refractivity contribution in [3.05, 3.63) is 35.7 Å². The molecule has 28 heavy (non-hydrogen) atoms. The third-order valence-corrected chi connectivity index (χ3v) is 5.99. The quantitative estimate of drug-likeness (QED) is 0.771. The molecule has 0 unspecified atom stereocenters. The number of hydrogen-bond donors (Lipinski definition) is 1. The van der Waals surface area contributed by atoms with E-state index in [1.165, 1.54) is 25.7 Å². The molecule has 1 N–H and O–H groups in total. The number of rotatable bonds is 6. The fourth-order valence-corrected chi connectivity index (χ4v) is 4.35. The van der Waals surface area contributed by atoms with Gasteiger partial charge in [-0.25, -0.2) is 0 Å². The van der Waals surface area contributed by atoms with Crippen molar-refractivity contribution < 1.29 is 14.3 Å². The van der Waals surface area contributed by atoms with Crippen LogP contribution in [0.2, 0.25) is 0 Å². The number of aromatic nitrogens is 2. The minimum absolute atomic E-state index is 0.159. The van der Waals surface area contributed by atoms with Gasteiger partial charge in [0.05, 0.1) is 36.8 Å². The van der Waals surface area contributed by atoms with Gasteiger partial charge in [-0.1, -0.05) is 12.8 Å². The minimum atomic E-state index is -0.159. The summed E-state index contributed by atoms with van der Waals surface area (Å²) in [5, 5.41) is 7.53. The fraction of sp³-hybridized carbons (Fsp3) is 0.545. The van der Waals surface area contributed by atoms with Crippen molar-refractivity contribution in [2.75, 3.05) is 12.4 Å². The van der Waals surface area contributed by atoms with E-state index in [1.807, 2.05) is 6.92 Å². The van der Waals surface area contributed by atoms with Crippen LogP contribution in [0.4, 0.5) is 5.69 Å². The average molecular weight is 383 g/mol. The van der Waals surface area contributed by atoms with Crippen LogP contribution in [0.3, 0.4) is 0 Å². The monoisotopic (exact) mass is 383 g/mol. The van der Waals surface area contributed by atoms with Crippen molar-refractivity contribution in [2.24, 2.45) is 0 Å². The number of carbonyl (C=O) groups is 1. The second-order valence-corrected chi connectivity index (χ2v) is 7.87. The van der Waals surface area contributed by atoms with E-state index in [2.05, 4.69) is 15.1 Å². The third-order valence-electron chi connectivity index (χ3n) is 5.99. The molecule has 2 fully saturated rings. The lowest BCUT2D eigenvalue weighted by Crippen LogP contribution is -2.15. The van der Waals surface area contributed by atoms with Crippen LogP contribution in [0.25, 0.3) is 0 Å². The minimum Gasteiger partial charge on any atom is -0.493 e. The molecule has 0 atom stereocenters. The number of amides is 1. The number of carbonyl (C=O) groups excluding carboxylic acids is 1. The maximum Gasteiger partial charge on any atom is 0.255 e. The highest BCUT2D eigenvalue weighted by atomic mass is 16.5. The Hall–Kier alpha value is -2.50. The van der Waals surface area contributed by atoms with Gasteiger partial charge in [0.15, 0.2) is 11.5 Å². The van der Waals surface area contributed by atoms with Gasteiger partial charge in [-0.3, -0.25) is 9.48 Å². The van der Waals surface area contributed by atoms with Gasteiger partial charge in [0.25, 0.3) is 5.91 Å². The van der Waals surface area contributed by atoms with Crippen molar-refractivity contribution >= 4 is 11.6 Å². The number of nitrogens with zero attached hydrogens (tertiary/aromatic N) is 2. The van der Waals surface area contributed by atoms with Gasteiger partial charge in [-0.15, -0.1) is 0 Å². The summed E-state index contributed by atoms with van der Waals surface area (Å²) in [7, 11) is 1.62. The highest BCUT2D eigenvalue weighted by molar-refractivity contribution is 6.04. The molecule has 4 rings (SSSR count). The molecule has 2 saturated carbocycles. The SMILES string of the molecule is COc1ccc(C(=O)Nc2cnn(C3CCCC3)c2C)cc1OC1CCCC1. The van der Waals surface area contributed by atoms with Crippen LogP contribution >= 0.6 is 0 Å². The van der Waals surface area contributed by atoms with Crippen LogP contribution in [0.15, 0.2) is 24.4 Å². The van der Waals surface area contributed by atoms with Gasteiger partial charge in [-0.2, -0.15) is 5.10 Å². The van der Waals surface area contributed by atoms with E-state index in [0.717, 1.165) is 37.1 Å². The zero-order valence-corrected chi connectivity index (χ0v) is 16.7. The van der Waals surface area contributed by atoms with Gasteiger partial charge in [0.2, 0.25) is 0 Å². The number of methoxy groups -OCH3 is 1.